The molecular weight excluding hydrogens is 435 g/mol. The first-order chi connectivity index (χ1) is 15.0. The fraction of sp³-hybridized carbons (Fsp3) is 0.429. The zero-order valence-electron chi connectivity index (χ0n) is 18.1. The first kappa shape index (κ1) is 23.7. The van der Waals surface area contributed by atoms with Crippen LogP contribution in [0.4, 0.5) is 5.13 Å². The van der Waals surface area contributed by atoms with E-state index in [4.69, 9.17) is 19.9 Å². The van der Waals surface area contributed by atoms with E-state index >= 15 is 0 Å². The number of nitrogens with zero attached hydrogens (tertiary/aromatic N) is 1. The van der Waals surface area contributed by atoms with Gasteiger partial charge in [-0.3, -0.25) is 9.59 Å². The summed E-state index contributed by atoms with van der Waals surface area (Å²) in [6.45, 7) is 4.54. The third-order valence-electron chi connectivity index (χ3n) is 4.87. The van der Waals surface area contributed by atoms with E-state index in [0.29, 0.717) is 22.8 Å². The molecule has 170 valence electrons. The first-order valence-corrected chi connectivity index (χ1v) is 10.9. The van der Waals surface area contributed by atoms with E-state index in [9.17, 15) is 19.4 Å². The van der Waals surface area contributed by atoms with Crippen LogP contribution in [0.25, 0.3) is 0 Å². The number of fused-ring (bicyclic) bond motifs is 1. The molecule has 0 aliphatic carbocycles. The van der Waals surface area contributed by atoms with E-state index in [1.165, 1.54) is 17.4 Å². The standard InChI is InChI=1S/C21H25BN2O7S/c1-21(2,3)19(27)30-11-29-18(26)16-6-4-5-12-7-13(22(28)31-17(12)16)8-15(25)9-14-10-32-20(23)24-14/h4-6,10,13,28H,7-9,11H2,1-3H3,(H2,23,24)/t13-/m1/s1. The van der Waals surface area contributed by atoms with Crippen LogP contribution in [0, 0.1) is 5.41 Å². The van der Waals surface area contributed by atoms with Gasteiger partial charge in [0.2, 0.25) is 6.79 Å². The predicted molar refractivity (Wildman–Crippen MR) is 118 cm³/mol. The number of carbonyl (C=O) groups is 3. The van der Waals surface area contributed by atoms with Gasteiger partial charge >= 0.3 is 19.1 Å². The fourth-order valence-corrected chi connectivity index (χ4v) is 3.78. The molecule has 2 heterocycles. The fourth-order valence-electron chi connectivity index (χ4n) is 3.22. The summed E-state index contributed by atoms with van der Waals surface area (Å²) in [6.07, 6.45) is 0.570. The minimum absolute atomic E-state index is 0.0927. The smallest absolute Gasteiger partial charge is 0.526 e. The van der Waals surface area contributed by atoms with Gasteiger partial charge in [-0.25, -0.2) is 9.78 Å². The molecule has 11 heteroatoms. The Bertz CT molecular complexity index is 1020. The summed E-state index contributed by atoms with van der Waals surface area (Å²) in [5.41, 5.74) is 6.25. The molecule has 1 aliphatic rings. The molecule has 0 amide bonds. The van der Waals surface area contributed by atoms with Gasteiger partial charge in [-0.1, -0.05) is 12.1 Å². The van der Waals surface area contributed by atoms with Gasteiger partial charge < -0.3 is 24.9 Å². The molecular formula is C21H25BN2O7S. The van der Waals surface area contributed by atoms with Crippen LogP contribution in [0.2, 0.25) is 5.82 Å². The zero-order chi connectivity index (χ0) is 23.5. The lowest BCUT2D eigenvalue weighted by Gasteiger charge is -2.28. The second kappa shape index (κ2) is 9.70. The number of esters is 2. The minimum Gasteiger partial charge on any atom is -0.535 e. The highest BCUT2D eigenvalue weighted by Crippen LogP contribution is 2.36. The SMILES string of the molecule is CC(C)(C)C(=O)OCOC(=O)c1cccc2c1OB(O)[C@@H](CC(=O)Cc1csc(N)n1)C2. The highest BCUT2D eigenvalue weighted by Gasteiger charge is 2.38. The maximum absolute atomic E-state index is 12.5. The molecule has 2 aromatic rings. The number of para-hydroxylation sites is 1. The molecule has 1 aromatic heterocycles. The molecule has 0 unspecified atom stereocenters. The molecule has 0 fully saturated rings. The number of aromatic nitrogens is 1. The van der Waals surface area contributed by atoms with Crippen LogP contribution in [0.15, 0.2) is 23.6 Å². The lowest BCUT2D eigenvalue weighted by molar-refractivity contribution is -0.161. The lowest BCUT2D eigenvalue weighted by atomic mass is 9.64. The molecule has 0 spiro atoms. The molecule has 9 nitrogen and oxygen atoms in total. The summed E-state index contributed by atoms with van der Waals surface area (Å²) < 4.78 is 15.6. The van der Waals surface area contributed by atoms with Crippen molar-refractivity contribution in [1.29, 1.82) is 0 Å². The largest absolute Gasteiger partial charge is 0.535 e. The van der Waals surface area contributed by atoms with Crippen LogP contribution >= 0.6 is 11.3 Å². The maximum atomic E-state index is 12.5. The highest BCUT2D eigenvalue weighted by molar-refractivity contribution is 7.13. The molecule has 1 aliphatic heterocycles. The Balaban J connectivity index is 1.62. The summed E-state index contributed by atoms with van der Waals surface area (Å²) in [6, 6.07) is 4.92. The molecule has 3 rings (SSSR count). The summed E-state index contributed by atoms with van der Waals surface area (Å²) in [5, 5.41) is 12.6. The number of ether oxygens (including phenoxy) is 2. The average molecular weight is 460 g/mol. The van der Waals surface area contributed by atoms with Crippen LogP contribution in [-0.2, 0) is 31.9 Å². The van der Waals surface area contributed by atoms with Crippen molar-refractivity contribution in [2.45, 2.75) is 45.9 Å². The number of nitrogen functional groups attached to an aromatic ring is 1. The number of hydrogen-bond acceptors (Lipinski definition) is 10. The Morgan fingerprint density at radius 3 is 2.72 bits per heavy atom. The second-order valence-corrected chi connectivity index (χ2v) is 9.48. The number of hydrogen-bond donors (Lipinski definition) is 2. The van der Waals surface area contributed by atoms with Crippen LogP contribution in [0.1, 0.15) is 48.8 Å². The van der Waals surface area contributed by atoms with Crippen LogP contribution in [-0.4, -0.2) is 41.6 Å². The number of benzene rings is 1. The normalized spacial score (nSPS) is 15.5. The minimum atomic E-state index is -1.26. The molecule has 0 bridgehead atoms. The molecule has 1 atom stereocenters. The van der Waals surface area contributed by atoms with Gasteiger partial charge in [0.25, 0.3) is 0 Å². The van der Waals surface area contributed by atoms with Crippen molar-refractivity contribution in [2.75, 3.05) is 12.5 Å². The number of carbonyl (C=O) groups excluding carboxylic acids is 3. The van der Waals surface area contributed by atoms with Crippen molar-refractivity contribution in [2.24, 2.45) is 5.41 Å². The lowest BCUT2D eigenvalue weighted by Crippen LogP contribution is -2.36. The number of nitrogens with two attached hydrogens (primary N) is 1. The quantitative estimate of drug-likeness (QED) is 0.362. The second-order valence-electron chi connectivity index (χ2n) is 8.59. The number of Topliss-reactive ketones (excluding diaryl/α,β-unsaturated/α-hetero) is 1. The van der Waals surface area contributed by atoms with E-state index in [0.717, 1.165) is 0 Å². The zero-order valence-corrected chi connectivity index (χ0v) is 18.9. The number of rotatable bonds is 7. The van der Waals surface area contributed by atoms with Gasteiger partial charge in [0.15, 0.2) is 5.13 Å². The van der Waals surface area contributed by atoms with Gasteiger partial charge in [-0.2, -0.15) is 0 Å². The van der Waals surface area contributed by atoms with Crippen molar-refractivity contribution < 1.29 is 33.5 Å². The highest BCUT2D eigenvalue weighted by atomic mass is 32.1. The Hall–Kier alpha value is -2.92. The summed E-state index contributed by atoms with van der Waals surface area (Å²) in [4.78, 5) is 40.7. The van der Waals surface area contributed by atoms with E-state index < -0.39 is 37.1 Å². The summed E-state index contributed by atoms with van der Waals surface area (Å²) in [7, 11) is -1.26. The van der Waals surface area contributed by atoms with E-state index in [1.54, 1.807) is 38.3 Å². The van der Waals surface area contributed by atoms with E-state index in [1.807, 2.05) is 0 Å². The first-order valence-electron chi connectivity index (χ1n) is 10.1. The van der Waals surface area contributed by atoms with Crippen molar-refractivity contribution in [3.63, 3.8) is 0 Å². The van der Waals surface area contributed by atoms with Gasteiger partial charge in [0.05, 0.1) is 11.1 Å². The van der Waals surface area contributed by atoms with Crippen LogP contribution in [0.5, 0.6) is 5.75 Å². The molecule has 0 saturated carbocycles. The third-order valence-corrected chi connectivity index (χ3v) is 5.59. The summed E-state index contributed by atoms with van der Waals surface area (Å²) in [5.74, 6) is -1.61. The monoisotopic (exact) mass is 460 g/mol. The van der Waals surface area contributed by atoms with Crippen LogP contribution in [0.3, 0.4) is 0 Å². The Morgan fingerprint density at radius 1 is 1.31 bits per heavy atom. The van der Waals surface area contributed by atoms with Gasteiger partial charge in [-0.15, -0.1) is 11.3 Å². The van der Waals surface area contributed by atoms with E-state index in [-0.39, 0.29) is 29.9 Å². The Kier molecular flexibility index (Phi) is 7.20. The van der Waals surface area contributed by atoms with Crippen molar-refractivity contribution in [3.8, 4) is 5.75 Å². The van der Waals surface area contributed by atoms with E-state index in [2.05, 4.69) is 4.98 Å². The topological polar surface area (TPSA) is 138 Å². The van der Waals surface area contributed by atoms with Gasteiger partial charge in [0.1, 0.15) is 17.1 Å². The average Bonchev–Trinajstić information content (AvgIpc) is 3.11. The third kappa shape index (κ3) is 5.86. The number of thiazole rings is 1. The van der Waals surface area contributed by atoms with Crippen molar-refractivity contribution in [1.82, 2.24) is 4.98 Å². The van der Waals surface area contributed by atoms with Crippen molar-refractivity contribution in [3.05, 3.63) is 40.4 Å². The summed E-state index contributed by atoms with van der Waals surface area (Å²) >= 11 is 1.27. The maximum Gasteiger partial charge on any atom is 0.526 e. The van der Waals surface area contributed by atoms with Crippen LogP contribution < -0.4 is 10.4 Å². The predicted octanol–water partition coefficient (Wildman–Crippen LogP) is 2.42. The molecule has 0 saturated heterocycles. The Labute approximate surface area is 190 Å². The molecule has 3 N–H and O–H groups in total. The van der Waals surface area contributed by atoms with Gasteiger partial charge in [0, 0.05) is 24.0 Å². The Morgan fingerprint density at radius 2 is 2.06 bits per heavy atom. The number of ketones is 1. The van der Waals surface area contributed by atoms with Crippen molar-refractivity contribution >= 4 is 41.3 Å². The number of anilines is 1. The molecule has 1 aromatic carbocycles. The molecule has 32 heavy (non-hydrogen) atoms. The molecule has 0 radical (unpaired) electrons. The van der Waals surface area contributed by atoms with Gasteiger partial charge in [-0.05, 0) is 38.8 Å².